The zero-order valence-electron chi connectivity index (χ0n) is 18.0. The molecular formula is C23H21N5O5. The zero-order chi connectivity index (χ0) is 22.9. The molecular weight excluding hydrogens is 426 g/mol. The van der Waals surface area contributed by atoms with E-state index in [1.165, 1.54) is 7.11 Å². The highest BCUT2D eigenvalue weighted by Crippen LogP contribution is 2.31. The molecule has 168 valence electrons. The van der Waals surface area contributed by atoms with E-state index in [0.717, 1.165) is 21.4 Å². The molecule has 10 nitrogen and oxygen atoms in total. The topological polar surface area (TPSA) is 123 Å². The smallest absolute Gasteiger partial charge is 0.325 e. The Morgan fingerprint density at radius 3 is 2.73 bits per heavy atom. The van der Waals surface area contributed by atoms with Gasteiger partial charge in [0.05, 0.1) is 14.2 Å². The Morgan fingerprint density at radius 2 is 1.91 bits per heavy atom. The van der Waals surface area contributed by atoms with E-state index in [9.17, 15) is 9.59 Å². The fourth-order valence-corrected chi connectivity index (χ4v) is 3.93. The maximum Gasteiger partial charge on any atom is 0.325 e. The van der Waals surface area contributed by atoms with Crippen molar-refractivity contribution in [2.75, 3.05) is 14.2 Å². The fourth-order valence-electron chi connectivity index (χ4n) is 3.93. The van der Waals surface area contributed by atoms with E-state index in [4.69, 9.17) is 14.0 Å². The Kier molecular flexibility index (Phi) is 5.17. The first kappa shape index (κ1) is 20.6. The lowest BCUT2D eigenvalue weighted by atomic mass is 10.1. The van der Waals surface area contributed by atoms with Crippen LogP contribution < -0.4 is 14.8 Å². The largest absolute Gasteiger partial charge is 0.493 e. The summed E-state index contributed by atoms with van der Waals surface area (Å²) in [6.07, 6.45) is 2.24. The minimum absolute atomic E-state index is 0.116. The Balaban J connectivity index is 1.30. The van der Waals surface area contributed by atoms with Gasteiger partial charge in [0, 0.05) is 29.1 Å². The quantitative estimate of drug-likeness (QED) is 0.418. The number of carbonyl (C=O) groups is 2. The van der Waals surface area contributed by atoms with Crippen LogP contribution in [0.2, 0.25) is 0 Å². The first-order valence-corrected chi connectivity index (χ1v) is 10.3. The van der Waals surface area contributed by atoms with Crippen LogP contribution in [0.4, 0.5) is 4.79 Å². The van der Waals surface area contributed by atoms with Crippen LogP contribution in [0.3, 0.4) is 0 Å². The SMILES string of the molecule is COc1ccc(-c2noc(CN3C(=O)N[C@@H](Cc4c[nH]c5ccccc45)C3=O)n2)cc1OC. The number of benzene rings is 2. The van der Waals surface area contributed by atoms with E-state index >= 15 is 0 Å². The molecule has 2 N–H and O–H groups in total. The lowest BCUT2D eigenvalue weighted by Crippen LogP contribution is -2.32. The van der Waals surface area contributed by atoms with Crippen molar-refractivity contribution in [1.82, 2.24) is 25.3 Å². The number of hydrogen-bond acceptors (Lipinski definition) is 7. The first-order chi connectivity index (χ1) is 16.1. The molecule has 0 aliphatic carbocycles. The molecule has 3 heterocycles. The van der Waals surface area contributed by atoms with Crippen LogP contribution in [0.1, 0.15) is 11.5 Å². The molecule has 4 aromatic rings. The number of nitrogens with zero attached hydrogens (tertiary/aromatic N) is 3. The molecule has 5 rings (SSSR count). The summed E-state index contributed by atoms with van der Waals surface area (Å²) in [5, 5.41) is 7.74. The molecule has 0 bridgehead atoms. The molecule has 1 aliphatic heterocycles. The van der Waals surface area contributed by atoms with Gasteiger partial charge in [-0.3, -0.25) is 9.69 Å². The predicted octanol–water partition coefficient (Wildman–Crippen LogP) is 2.90. The third kappa shape index (κ3) is 3.75. The summed E-state index contributed by atoms with van der Waals surface area (Å²) >= 11 is 0. The average molecular weight is 447 g/mol. The van der Waals surface area contributed by atoms with Crippen molar-refractivity contribution in [3.05, 3.63) is 60.1 Å². The van der Waals surface area contributed by atoms with E-state index in [1.807, 2.05) is 30.5 Å². The van der Waals surface area contributed by atoms with E-state index < -0.39 is 12.1 Å². The van der Waals surface area contributed by atoms with Crippen molar-refractivity contribution in [1.29, 1.82) is 0 Å². The van der Waals surface area contributed by atoms with Crippen LogP contribution in [0.15, 0.2) is 53.2 Å². The molecule has 1 aliphatic rings. The molecule has 1 fully saturated rings. The Morgan fingerprint density at radius 1 is 1.09 bits per heavy atom. The van der Waals surface area contributed by atoms with Crippen molar-refractivity contribution >= 4 is 22.8 Å². The van der Waals surface area contributed by atoms with Crippen LogP contribution in [0.5, 0.6) is 11.5 Å². The normalized spacial score (nSPS) is 15.8. The number of hydrogen-bond donors (Lipinski definition) is 2. The van der Waals surface area contributed by atoms with Gasteiger partial charge in [-0.15, -0.1) is 0 Å². The van der Waals surface area contributed by atoms with Crippen molar-refractivity contribution in [2.24, 2.45) is 0 Å². The molecule has 3 amide bonds. The number of ether oxygens (including phenoxy) is 2. The monoisotopic (exact) mass is 447 g/mol. The third-order valence-electron chi connectivity index (χ3n) is 5.61. The third-order valence-corrected chi connectivity index (χ3v) is 5.61. The molecule has 33 heavy (non-hydrogen) atoms. The molecule has 0 radical (unpaired) electrons. The Labute approximate surface area is 188 Å². The highest BCUT2D eigenvalue weighted by atomic mass is 16.5. The van der Waals surface area contributed by atoms with Gasteiger partial charge in [0.1, 0.15) is 12.6 Å². The summed E-state index contributed by atoms with van der Waals surface area (Å²) in [4.78, 5) is 34.0. The van der Waals surface area contributed by atoms with Gasteiger partial charge in [-0.25, -0.2) is 4.79 Å². The molecule has 0 saturated carbocycles. The number of imide groups is 1. The van der Waals surface area contributed by atoms with Gasteiger partial charge in [-0.05, 0) is 29.8 Å². The fraction of sp³-hybridized carbons (Fsp3) is 0.217. The number of aromatic amines is 1. The van der Waals surface area contributed by atoms with E-state index in [1.54, 1.807) is 25.3 Å². The number of rotatable bonds is 7. The first-order valence-electron chi connectivity index (χ1n) is 10.3. The Bertz CT molecular complexity index is 1340. The number of fused-ring (bicyclic) bond motifs is 1. The van der Waals surface area contributed by atoms with Gasteiger partial charge in [-0.2, -0.15) is 4.98 Å². The van der Waals surface area contributed by atoms with E-state index in [0.29, 0.717) is 29.3 Å². The minimum Gasteiger partial charge on any atom is -0.493 e. The summed E-state index contributed by atoms with van der Waals surface area (Å²) in [6, 6.07) is 11.9. The van der Waals surface area contributed by atoms with Gasteiger partial charge in [0.2, 0.25) is 11.7 Å². The lowest BCUT2D eigenvalue weighted by molar-refractivity contribution is -0.128. The molecule has 10 heteroatoms. The number of H-pyrrole nitrogens is 1. The number of amides is 3. The van der Waals surface area contributed by atoms with Crippen molar-refractivity contribution in [2.45, 2.75) is 19.0 Å². The minimum atomic E-state index is -0.662. The van der Waals surface area contributed by atoms with Gasteiger partial charge < -0.3 is 24.3 Å². The molecule has 0 unspecified atom stereocenters. The van der Waals surface area contributed by atoms with Gasteiger partial charge in [0.25, 0.3) is 5.91 Å². The average Bonchev–Trinajstić information content (AvgIpc) is 3.54. The second kappa shape index (κ2) is 8.30. The number of urea groups is 1. The zero-order valence-corrected chi connectivity index (χ0v) is 18.0. The van der Waals surface area contributed by atoms with Crippen LogP contribution in [-0.4, -0.2) is 52.2 Å². The number of carbonyl (C=O) groups excluding carboxylic acids is 2. The number of nitrogens with one attached hydrogen (secondary N) is 2. The second-order valence-corrected chi connectivity index (χ2v) is 7.57. The summed E-state index contributed by atoms with van der Waals surface area (Å²) < 4.78 is 15.8. The predicted molar refractivity (Wildman–Crippen MR) is 118 cm³/mol. The van der Waals surface area contributed by atoms with Gasteiger partial charge >= 0.3 is 6.03 Å². The van der Waals surface area contributed by atoms with Crippen LogP contribution in [0.25, 0.3) is 22.3 Å². The summed E-state index contributed by atoms with van der Waals surface area (Å²) in [7, 11) is 3.08. The molecule has 2 aromatic carbocycles. The van der Waals surface area contributed by atoms with Crippen LogP contribution in [0, 0.1) is 0 Å². The van der Waals surface area contributed by atoms with Crippen molar-refractivity contribution in [3.63, 3.8) is 0 Å². The van der Waals surface area contributed by atoms with Gasteiger partial charge in [-0.1, -0.05) is 23.4 Å². The Hall–Kier alpha value is -4.34. The number of methoxy groups -OCH3 is 2. The molecule has 1 atom stereocenters. The maximum atomic E-state index is 12.9. The standard InChI is InChI=1S/C23H21N5O5/c1-31-18-8-7-13(10-19(18)32-2)21-26-20(33-27-21)12-28-22(29)17(25-23(28)30)9-14-11-24-16-6-4-3-5-15(14)16/h3-8,10-11,17,24H,9,12H2,1-2H3,(H,25,30)/t17-/m0/s1. The summed E-state index contributed by atoms with van der Waals surface area (Å²) in [5.41, 5.74) is 2.59. The highest BCUT2D eigenvalue weighted by Gasteiger charge is 2.39. The molecule has 0 spiro atoms. The van der Waals surface area contributed by atoms with Crippen LogP contribution >= 0.6 is 0 Å². The van der Waals surface area contributed by atoms with Crippen LogP contribution in [-0.2, 0) is 17.8 Å². The number of para-hydroxylation sites is 1. The molecule has 1 saturated heterocycles. The highest BCUT2D eigenvalue weighted by molar-refractivity contribution is 6.04. The second-order valence-electron chi connectivity index (χ2n) is 7.57. The number of aromatic nitrogens is 3. The van der Waals surface area contributed by atoms with E-state index in [-0.39, 0.29) is 18.3 Å². The summed E-state index contributed by atoms with van der Waals surface area (Å²) in [6.45, 7) is -0.116. The van der Waals surface area contributed by atoms with Crippen molar-refractivity contribution in [3.8, 4) is 22.9 Å². The molecule has 2 aromatic heterocycles. The maximum absolute atomic E-state index is 12.9. The van der Waals surface area contributed by atoms with Gasteiger partial charge in [0.15, 0.2) is 11.5 Å². The lowest BCUT2D eigenvalue weighted by Gasteiger charge is -2.10. The summed E-state index contributed by atoms with van der Waals surface area (Å²) in [5.74, 6) is 1.22. The van der Waals surface area contributed by atoms with Crippen molar-refractivity contribution < 1.29 is 23.6 Å². The van der Waals surface area contributed by atoms with E-state index in [2.05, 4.69) is 20.4 Å².